The first-order chi connectivity index (χ1) is 15.2. The number of aryl methyl sites for hydroxylation is 1. The fourth-order valence-electron chi connectivity index (χ4n) is 3.52. The topological polar surface area (TPSA) is 121 Å². The number of furan rings is 1. The SMILES string of the molecule is CC(=O)c1ccc(-c2ccc(C(=O)N3CCN(S(=O)(=O)c4sc(=O)[nH]c4C)CC3)o2)cc1. The molecular weight excluding hydrogens is 454 g/mol. The van der Waals surface area contributed by atoms with Crippen molar-refractivity contribution in [2.24, 2.45) is 0 Å². The van der Waals surface area contributed by atoms with E-state index in [-0.39, 0.29) is 47.8 Å². The van der Waals surface area contributed by atoms with Gasteiger partial charge in [-0.1, -0.05) is 35.6 Å². The molecule has 0 atom stereocenters. The Morgan fingerprint density at radius 2 is 1.69 bits per heavy atom. The number of carbonyl (C=O) groups excluding carboxylic acids is 2. The zero-order chi connectivity index (χ0) is 23.0. The number of nitrogens with zero attached hydrogens (tertiary/aromatic N) is 2. The van der Waals surface area contributed by atoms with Gasteiger partial charge in [0.1, 0.15) is 5.76 Å². The van der Waals surface area contributed by atoms with Crippen molar-refractivity contribution < 1.29 is 22.4 Å². The smallest absolute Gasteiger partial charge is 0.305 e. The van der Waals surface area contributed by atoms with E-state index >= 15 is 0 Å². The Morgan fingerprint density at radius 1 is 1.03 bits per heavy atom. The molecule has 1 saturated heterocycles. The maximum atomic E-state index is 12.8. The molecule has 1 aliphatic rings. The molecule has 0 unspecified atom stereocenters. The van der Waals surface area contributed by atoms with E-state index in [0.717, 1.165) is 5.56 Å². The summed E-state index contributed by atoms with van der Waals surface area (Å²) in [5.74, 6) is 0.305. The number of ketones is 1. The van der Waals surface area contributed by atoms with Crippen molar-refractivity contribution in [1.29, 1.82) is 0 Å². The van der Waals surface area contributed by atoms with Crippen LogP contribution in [0.25, 0.3) is 11.3 Å². The van der Waals surface area contributed by atoms with E-state index in [0.29, 0.717) is 28.4 Å². The van der Waals surface area contributed by atoms with Crippen molar-refractivity contribution in [3.05, 3.63) is 63.1 Å². The molecule has 9 nitrogen and oxygen atoms in total. The Kier molecular flexibility index (Phi) is 5.89. The first-order valence-electron chi connectivity index (χ1n) is 9.87. The van der Waals surface area contributed by atoms with Gasteiger partial charge in [0.25, 0.3) is 15.9 Å². The van der Waals surface area contributed by atoms with E-state index in [9.17, 15) is 22.8 Å². The molecule has 168 valence electrons. The number of aromatic amines is 1. The number of H-pyrrole nitrogens is 1. The summed E-state index contributed by atoms with van der Waals surface area (Å²) in [6.45, 7) is 3.70. The molecule has 11 heteroatoms. The number of benzene rings is 1. The predicted molar refractivity (Wildman–Crippen MR) is 118 cm³/mol. The molecule has 1 fully saturated rings. The summed E-state index contributed by atoms with van der Waals surface area (Å²) in [5.41, 5.74) is 1.65. The second kappa shape index (κ2) is 8.49. The molecule has 1 aliphatic heterocycles. The van der Waals surface area contributed by atoms with Crippen LogP contribution >= 0.6 is 11.3 Å². The molecule has 0 bridgehead atoms. The fourth-order valence-corrected chi connectivity index (χ4v) is 6.38. The molecule has 1 N–H and O–H groups in total. The summed E-state index contributed by atoms with van der Waals surface area (Å²) in [5, 5.41) is 0. The van der Waals surface area contributed by atoms with Gasteiger partial charge in [-0.3, -0.25) is 14.4 Å². The van der Waals surface area contributed by atoms with Crippen LogP contribution in [0.5, 0.6) is 0 Å². The summed E-state index contributed by atoms with van der Waals surface area (Å²) in [7, 11) is -3.79. The lowest BCUT2D eigenvalue weighted by Crippen LogP contribution is -2.50. The maximum absolute atomic E-state index is 12.8. The predicted octanol–water partition coefficient (Wildman–Crippen LogP) is 2.35. The van der Waals surface area contributed by atoms with Crippen molar-refractivity contribution in [2.45, 2.75) is 18.1 Å². The molecule has 3 aromatic rings. The number of amides is 1. The Bertz CT molecular complexity index is 1330. The van der Waals surface area contributed by atoms with Gasteiger partial charge in [0, 0.05) is 43.0 Å². The van der Waals surface area contributed by atoms with Gasteiger partial charge in [-0.05, 0) is 26.0 Å². The van der Waals surface area contributed by atoms with E-state index in [2.05, 4.69) is 4.98 Å². The van der Waals surface area contributed by atoms with Crippen molar-refractivity contribution in [1.82, 2.24) is 14.2 Å². The minimum absolute atomic E-state index is 0.00810. The Hall–Kier alpha value is -3.02. The monoisotopic (exact) mass is 475 g/mol. The molecule has 0 spiro atoms. The van der Waals surface area contributed by atoms with Gasteiger partial charge < -0.3 is 14.3 Å². The number of aromatic nitrogens is 1. The number of hydrogen-bond donors (Lipinski definition) is 1. The van der Waals surface area contributed by atoms with E-state index in [1.165, 1.54) is 11.2 Å². The molecule has 2 aromatic heterocycles. The van der Waals surface area contributed by atoms with Gasteiger partial charge in [-0.25, -0.2) is 8.42 Å². The van der Waals surface area contributed by atoms with E-state index in [1.54, 1.807) is 48.2 Å². The Balaban J connectivity index is 1.43. The number of sulfonamides is 1. The average molecular weight is 476 g/mol. The van der Waals surface area contributed by atoms with Gasteiger partial charge in [0.15, 0.2) is 15.8 Å². The summed E-state index contributed by atoms with van der Waals surface area (Å²) < 4.78 is 32.7. The number of Topliss-reactive ketones (excluding diaryl/α,β-unsaturated/α-hetero) is 1. The first kappa shape index (κ1) is 22.2. The third-order valence-electron chi connectivity index (χ3n) is 5.27. The highest BCUT2D eigenvalue weighted by atomic mass is 32.2. The summed E-state index contributed by atoms with van der Waals surface area (Å²) in [4.78, 5) is 39.4. The van der Waals surface area contributed by atoms with Crippen LogP contribution in [0.1, 0.15) is 33.5 Å². The number of carbonyl (C=O) groups is 2. The summed E-state index contributed by atoms with van der Waals surface area (Å²) >= 11 is 0.667. The van der Waals surface area contributed by atoms with Crippen LogP contribution in [0, 0.1) is 6.92 Å². The number of piperazine rings is 1. The molecular formula is C21H21N3O6S2. The highest BCUT2D eigenvalue weighted by Crippen LogP contribution is 2.25. The second-order valence-electron chi connectivity index (χ2n) is 7.42. The normalized spacial score (nSPS) is 15.1. The van der Waals surface area contributed by atoms with Crippen LogP contribution in [0.4, 0.5) is 0 Å². The molecule has 1 aromatic carbocycles. The fraction of sp³-hybridized carbons (Fsp3) is 0.286. The highest BCUT2D eigenvalue weighted by Gasteiger charge is 2.33. The molecule has 0 radical (unpaired) electrons. The lowest BCUT2D eigenvalue weighted by Gasteiger charge is -2.33. The number of hydrogen-bond acceptors (Lipinski definition) is 7. The van der Waals surface area contributed by atoms with E-state index in [4.69, 9.17) is 4.42 Å². The largest absolute Gasteiger partial charge is 0.451 e. The van der Waals surface area contributed by atoms with Crippen LogP contribution < -0.4 is 4.87 Å². The van der Waals surface area contributed by atoms with E-state index in [1.807, 2.05) is 0 Å². The average Bonchev–Trinajstić information content (AvgIpc) is 3.40. The summed E-state index contributed by atoms with van der Waals surface area (Å²) in [6.07, 6.45) is 0. The lowest BCUT2D eigenvalue weighted by molar-refractivity contribution is 0.0667. The van der Waals surface area contributed by atoms with Gasteiger partial charge >= 0.3 is 4.87 Å². The standard InChI is InChI=1S/C21H21N3O6S2/c1-13-20(31-21(27)22-13)32(28,29)24-11-9-23(10-12-24)19(26)18-8-7-17(30-18)16-5-3-15(4-6-16)14(2)25/h3-8H,9-12H2,1-2H3,(H,22,27). The lowest BCUT2D eigenvalue weighted by atomic mass is 10.1. The highest BCUT2D eigenvalue weighted by molar-refractivity contribution is 7.91. The summed E-state index contributed by atoms with van der Waals surface area (Å²) in [6, 6.07) is 10.2. The van der Waals surface area contributed by atoms with Crippen LogP contribution in [0.2, 0.25) is 0 Å². The molecule has 1 amide bonds. The molecule has 0 aliphatic carbocycles. The minimum atomic E-state index is -3.79. The minimum Gasteiger partial charge on any atom is -0.451 e. The van der Waals surface area contributed by atoms with Crippen molar-refractivity contribution in [3.8, 4) is 11.3 Å². The first-order valence-corrected chi connectivity index (χ1v) is 12.1. The molecule has 4 rings (SSSR count). The van der Waals surface area contributed by atoms with Crippen LogP contribution in [-0.2, 0) is 10.0 Å². The van der Waals surface area contributed by atoms with Crippen molar-refractivity contribution in [3.63, 3.8) is 0 Å². The van der Waals surface area contributed by atoms with E-state index < -0.39 is 14.9 Å². The van der Waals surface area contributed by atoms with Crippen molar-refractivity contribution >= 4 is 33.1 Å². The molecule has 0 saturated carbocycles. The van der Waals surface area contributed by atoms with Crippen LogP contribution in [-0.4, -0.2) is 60.5 Å². The van der Waals surface area contributed by atoms with Crippen LogP contribution in [0.3, 0.4) is 0 Å². The zero-order valence-electron chi connectivity index (χ0n) is 17.5. The second-order valence-corrected chi connectivity index (χ2v) is 10.5. The number of thiazole rings is 1. The number of nitrogens with one attached hydrogen (secondary N) is 1. The quantitative estimate of drug-likeness (QED) is 0.566. The van der Waals surface area contributed by atoms with Gasteiger partial charge in [-0.15, -0.1) is 0 Å². The third-order valence-corrected chi connectivity index (χ3v) is 8.75. The third kappa shape index (κ3) is 4.18. The molecule has 3 heterocycles. The Labute approximate surface area is 188 Å². The zero-order valence-corrected chi connectivity index (χ0v) is 19.1. The van der Waals surface area contributed by atoms with Gasteiger partial charge in [0.05, 0.1) is 0 Å². The van der Waals surface area contributed by atoms with Crippen LogP contribution in [0.15, 0.2) is 49.8 Å². The number of rotatable bonds is 5. The maximum Gasteiger partial charge on any atom is 0.305 e. The van der Waals surface area contributed by atoms with Crippen molar-refractivity contribution in [2.75, 3.05) is 26.2 Å². The Morgan fingerprint density at radius 3 is 2.25 bits per heavy atom. The molecule has 32 heavy (non-hydrogen) atoms. The van der Waals surface area contributed by atoms with Gasteiger partial charge in [0.2, 0.25) is 0 Å². The van der Waals surface area contributed by atoms with Gasteiger partial charge in [-0.2, -0.15) is 4.31 Å².